The summed E-state index contributed by atoms with van der Waals surface area (Å²) in [5.74, 6) is -0.0607. The molecule has 2 rings (SSSR count). The molecule has 0 unspecified atom stereocenters. The zero-order valence-electron chi connectivity index (χ0n) is 10.7. The zero-order chi connectivity index (χ0) is 13.1. The standard InChI is InChI=1S/C13H15N3OS/c1-8-4-5-11(6-9(8)2)7-12(17)14-13-16-15-10(3)18-13/h4-6H,7H2,1-3H3,(H,14,16,17). The molecule has 1 heterocycles. The molecule has 4 nitrogen and oxygen atoms in total. The summed E-state index contributed by atoms with van der Waals surface area (Å²) in [6.45, 7) is 5.96. The molecule has 0 saturated heterocycles. The molecule has 1 aromatic heterocycles. The van der Waals surface area contributed by atoms with E-state index in [1.54, 1.807) is 0 Å². The van der Waals surface area contributed by atoms with Gasteiger partial charge >= 0.3 is 0 Å². The molecular weight excluding hydrogens is 246 g/mol. The van der Waals surface area contributed by atoms with E-state index in [-0.39, 0.29) is 5.91 Å². The van der Waals surface area contributed by atoms with Crippen molar-refractivity contribution < 1.29 is 4.79 Å². The average Bonchev–Trinajstić information content (AvgIpc) is 2.69. The lowest BCUT2D eigenvalue weighted by Gasteiger charge is -2.05. The third-order valence-electron chi connectivity index (χ3n) is 2.71. The van der Waals surface area contributed by atoms with Crippen LogP contribution < -0.4 is 5.32 Å². The molecule has 0 radical (unpaired) electrons. The number of aryl methyl sites for hydroxylation is 3. The second-order valence-electron chi connectivity index (χ2n) is 4.27. The number of benzene rings is 1. The summed E-state index contributed by atoms with van der Waals surface area (Å²) in [4.78, 5) is 11.8. The number of anilines is 1. The van der Waals surface area contributed by atoms with E-state index in [1.807, 2.05) is 32.0 Å². The summed E-state index contributed by atoms with van der Waals surface area (Å²) in [5, 5.41) is 11.9. The monoisotopic (exact) mass is 261 g/mol. The second-order valence-corrected chi connectivity index (χ2v) is 5.45. The molecule has 0 saturated carbocycles. The van der Waals surface area contributed by atoms with Crippen molar-refractivity contribution in [2.24, 2.45) is 0 Å². The van der Waals surface area contributed by atoms with Crippen LogP contribution in [0.1, 0.15) is 21.7 Å². The Morgan fingerprint density at radius 1 is 1.22 bits per heavy atom. The third kappa shape index (κ3) is 3.13. The molecule has 0 bridgehead atoms. The molecule has 94 valence electrons. The highest BCUT2D eigenvalue weighted by Crippen LogP contribution is 2.15. The van der Waals surface area contributed by atoms with Gasteiger partial charge in [0.05, 0.1) is 6.42 Å². The fraction of sp³-hybridized carbons (Fsp3) is 0.308. The number of nitrogens with zero attached hydrogens (tertiary/aromatic N) is 2. The molecule has 1 N–H and O–H groups in total. The summed E-state index contributed by atoms with van der Waals surface area (Å²) in [7, 11) is 0. The maximum Gasteiger partial charge on any atom is 0.230 e. The number of amides is 1. The van der Waals surface area contributed by atoms with Crippen molar-refractivity contribution in [2.45, 2.75) is 27.2 Å². The molecule has 0 aliphatic heterocycles. The third-order valence-corrected chi connectivity index (χ3v) is 3.46. The number of carbonyl (C=O) groups excluding carboxylic acids is 1. The topological polar surface area (TPSA) is 54.9 Å². The Balaban J connectivity index is 2.00. The van der Waals surface area contributed by atoms with E-state index < -0.39 is 0 Å². The van der Waals surface area contributed by atoms with Gasteiger partial charge in [-0.25, -0.2) is 0 Å². The van der Waals surface area contributed by atoms with Crippen LogP contribution in [0.2, 0.25) is 0 Å². The average molecular weight is 261 g/mol. The van der Waals surface area contributed by atoms with Crippen LogP contribution in [-0.4, -0.2) is 16.1 Å². The molecule has 1 aromatic carbocycles. The maximum absolute atomic E-state index is 11.8. The van der Waals surface area contributed by atoms with E-state index >= 15 is 0 Å². The van der Waals surface area contributed by atoms with Crippen LogP contribution in [-0.2, 0) is 11.2 Å². The van der Waals surface area contributed by atoms with Crippen LogP contribution in [0.3, 0.4) is 0 Å². The van der Waals surface area contributed by atoms with Crippen LogP contribution in [0.5, 0.6) is 0 Å². The van der Waals surface area contributed by atoms with Crippen molar-refractivity contribution in [1.29, 1.82) is 0 Å². The molecule has 1 amide bonds. The highest BCUT2D eigenvalue weighted by Gasteiger charge is 2.07. The van der Waals surface area contributed by atoms with E-state index in [0.29, 0.717) is 11.6 Å². The fourth-order valence-electron chi connectivity index (χ4n) is 1.61. The fourth-order valence-corrected chi connectivity index (χ4v) is 2.22. The minimum atomic E-state index is -0.0607. The van der Waals surface area contributed by atoms with Crippen LogP contribution in [0, 0.1) is 20.8 Å². The van der Waals surface area contributed by atoms with Gasteiger partial charge in [0, 0.05) is 0 Å². The lowest BCUT2D eigenvalue weighted by Crippen LogP contribution is -2.14. The highest BCUT2D eigenvalue weighted by atomic mass is 32.1. The van der Waals surface area contributed by atoms with E-state index in [4.69, 9.17) is 0 Å². The van der Waals surface area contributed by atoms with Gasteiger partial charge in [-0.1, -0.05) is 29.5 Å². The number of aromatic nitrogens is 2. The number of carbonyl (C=O) groups is 1. The van der Waals surface area contributed by atoms with Crippen molar-refractivity contribution in [3.05, 3.63) is 39.9 Å². The zero-order valence-corrected chi connectivity index (χ0v) is 11.5. The van der Waals surface area contributed by atoms with Crippen molar-refractivity contribution in [3.8, 4) is 0 Å². The van der Waals surface area contributed by atoms with Gasteiger partial charge in [0.1, 0.15) is 5.01 Å². The molecule has 0 atom stereocenters. The number of hydrogen-bond donors (Lipinski definition) is 1. The molecule has 0 aliphatic rings. The Labute approximate surface area is 110 Å². The van der Waals surface area contributed by atoms with Crippen molar-refractivity contribution in [3.63, 3.8) is 0 Å². The van der Waals surface area contributed by atoms with E-state index in [9.17, 15) is 4.79 Å². The molecule has 18 heavy (non-hydrogen) atoms. The van der Waals surface area contributed by atoms with Crippen LogP contribution in [0.4, 0.5) is 5.13 Å². The Morgan fingerprint density at radius 3 is 2.61 bits per heavy atom. The maximum atomic E-state index is 11.8. The number of hydrogen-bond acceptors (Lipinski definition) is 4. The first kappa shape index (κ1) is 12.7. The van der Waals surface area contributed by atoms with Crippen molar-refractivity contribution >= 4 is 22.4 Å². The lowest BCUT2D eigenvalue weighted by molar-refractivity contribution is -0.115. The van der Waals surface area contributed by atoms with Crippen molar-refractivity contribution in [2.75, 3.05) is 5.32 Å². The van der Waals surface area contributed by atoms with E-state index in [1.165, 1.54) is 22.5 Å². The van der Waals surface area contributed by atoms with Crippen LogP contribution in [0.25, 0.3) is 0 Å². The smallest absolute Gasteiger partial charge is 0.230 e. The lowest BCUT2D eigenvalue weighted by atomic mass is 10.0. The van der Waals surface area contributed by atoms with Gasteiger partial charge in [0.2, 0.25) is 11.0 Å². The quantitative estimate of drug-likeness (QED) is 0.924. The SMILES string of the molecule is Cc1nnc(NC(=O)Cc2ccc(C)c(C)c2)s1. The molecule has 0 spiro atoms. The van der Waals surface area contributed by atoms with Gasteiger partial charge in [0.25, 0.3) is 0 Å². The Kier molecular flexibility index (Phi) is 3.72. The summed E-state index contributed by atoms with van der Waals surface area (Å²) < 4.78 is 0. The molecule has 0 fully saturated rings. The molecule has 2 aromatic rings. The summed E-state index contributed by atoms with van der Waals surface area (Å²) in [6, 6.07) is 6.06. The van der Waals surface area contributed by atoms with Gasteiger partial charge in [-0.3, -0.25) is 4.79 Å². The predicted molar refractivity (Wildman–Crippen MR) is 72.9 cm³/mol. The van der Waals surface area contributed by atoms with Gasteiger partial charge in [-0.05, 0) is 37.5 Å². The van der Waals surface area contributed by atoms with Gasteiger partial charge in [-0.15, -0.1) is 10.2 Å². The van der Waals surface area contributed by atoms with Gasteiger partial charge < -0.3 is 5.32 Å². The predicted octanol–water partition coefficient (Wildman–Crippen LogP) is 2.64. The Morgan fingerprint density at radius 2 is 2.00 bits per heavy atom. The first-order chi connectivity index (χ1) is 8.54. The van der Waals surface area contributed by atoms with E-state index in [2.05, 4.69) is 22.4 Å². The Hall–Kier alpha value is -1.75. The largest absolute Gasteiger partial charge is 0.300 e. The number of nitrogens with one attached hydrogen (secondary N) is 1. The molecule has 0 aliphatic carbocycles. The summed E-state index contributed by atoms with van der Waals surface area (Å²) in [6.07, 6.45) is 0.361. The molecule has 5 heteroatoms. The van der Waals surface area contributed by atoms with E-state index in [0.717, 1.165) is 10.6 Å². The number of rotatable bonds is 3. The minimum Gasteiger partial charge on any atom is -0.300 e. The minimum absolute atomic E-state index is 0.0607. The molecular formula is C13H15N3OS. The summed E-state index contributed by atoms with van der Waals surface area (Å²) >= 11 is 1.38. The first-order valence-corrected chi connectivity index (χ1v) is 6.52. The Bertz CT molecular complexity index is 577. The van der Waals surface area contributed by atoms with Gasteiger partial charge in [0.15, 0.2) is 0 Å². The van der Waals surface area contributed by atoms with Gasteiger partial charge in [-0.2, -0.15) is 0 Å². The normalized spacial score (nSPS) is 10.4. The second kappa shape index (κ2) is 5.27. The van der Waals surface area contributed by atoms with Crippen molar-refractivity contribution in [1.82, 2.24) is 10.2 Å². The van der Waals surface area contributed by atoms with Crippen LogP contribution >= 0.6 is 11.3 Å². The highest BCUT2D eigenvalue weighted by molar-refractivity contribution is 7.15. The summed E-state index contributed by atoms with van der Waals surface area (Å²) in [5.41, 5.74) is 3.45. The van der Waals surface area contributed by atoms with Crippen LogP contribution in [0.15, 0.2) is 18.2 Å². The first-order valence-electron chi connectivity index (χ1n) is 5.70.